The SMILES string of the molecule is CC(C)NS(=O)(=O)c1cccc(C(=O)NC(Cc2ccccc2)C(=O)O)c1. The summed E-state index contributed by atoms with van der Waals surface area (Å²) in [6.45, 7) is 3.38. The number of hydrogen-bond donors (Lipinski definition) is 3. The number of rotatable bonds is 8. The molecule has 0 bridgehead atoms. The van der Waals surface area contributed by atoms with Gasteiger partial charge in [-0.05, 0) is 37.6 Å². The third-order valence-electron chi connectivity index (χ3n) is 3.68. The molecule has 0 aliphatic rings. The van der Waals surface area contributed by atoms with E-state index >= 15 is 0 Å². The minimum atomic E-state index is -3.76. The molecule has 0 spiro atoms. The van der Waals surface area contributed by atoms with E-state index in [1.54, 1.807) is 38.1 Å². The van der Waals surface area contributed by atoms with Gasteiger partial charge in [-0.2, -0.15) is 0 Å². The number of carboxylic acid groups (broad SMARTS) is 1. The summed E-state index contributed by atoms with van der Waals surface area (Å²) in [7, 11) is -3.76. The third-order valence-corrected chi connectivity index (χ3v) is 5.34. The molecule has 1 amide bonds. The molecule has 0 heterocycles. The molecule has 0 saturated heterocycles. The Kier molecular flexibility index (Phi) is 6.70. The minimum Gasteiger partial charge on any atom is -0.480 e. The van der Waals surface area contributed by atoms with E-state index < -0.39 is 27.9 Å². The number of hydrogen-bond acceptors (Lipinski definition) is 4. The number of benzene rings is 2. The highest BCUT2D eigenvalue weighted by molar-refractivity contribution is 7.89. The van der Waals surface area contributed by atoms with Crippen LogP contribution < -0.4 is 10.0 Å². The lowest BCUT2D eigenvalue weighted by atomic mass is 10.1. The molecule has 0 fully saturated rings. The average molecular weight is 390 g/mol. The molecule has 3 N–H and O–H groups in total. The lowest BCUT2D eigenvalue weighted by molar-refractivity contribution is -0.139. The van der Waals surface area contributed by atoms with Gasteiger partial charge in [0.05, 0.1) is 4.90 Å². The predicted octanol–water partition coefficient (Wildman–Crippen LogP) is 1.80. The van der Waals surface area contributed by atoms with Crippen LogP contribution in [0.1, 0.15) is 29.8 Å². The molecule has 0 aliphatic carbocycles. The molecule has 144 valence electrons. The average Bonchev–Trinajstić information content (AvgIpc) is 2.61. The van der Waals surface area contributed by atoms with Crippen molar-refractivity contribution in [1.82, 2.24) is 10.0 Å². The summed E-state index contributed by atoms with van der Waals surface area (Å²) in [5, 5.41) is 11.8. The van der Waals surface area contributed by atoms with Gasteiger partial charge < -0.3 is 10.4 Å². The molecule has 0 aliphatic heterocycles. The van der Waals surface area contributed by atoms with Crippen LogP contribution in [0.4, 0.5) is 0 Å². The number of sulfonamides is 1. The Morgan fingerprint density at radius 2 is 1.70 bits per heavy atom. The van der Waals surface area contributed by atoms with E-state index in [0.717, 1.165) is 5.56 Å². The smallest absolute Gasteiger partial charge is 0.326 e. The van der Waals surface area contributed by atoms with Gasteiger partial charge >= 0.3 is 5.97 Å². The number of amides is 1. The molecule has 0 radical (unpaired) electrons. The van der Waals surface area contributed by atoms with E-state index in [4.69, 9.17) is 0 Å². The van der Waals surface area contributed by atoms with Crippen LogP contribution >= 0.6 is 0 Å². The largest absolute Gasteiger partial charge is 0.480 e. The van der Waals surface area contributed by atoms with Gasteiger partial charge in [-0.1, -0.05) is 36.4 Å². The zero-order valence-corrected chi connectivity index (χ0v) is 15.9. The highest BCUT2D eigenvalue weighted by Crippen LogP contribution is 2.13. The zero-order valence-electron chi connectivity index (χ0n) is 15.0. The highest BCUT2D eigenvalue weighted by Gasteiger charge is 2.22. The van der Waals surface area contributed by atoms with Gasteiger partial charge in [0.15, 0.2) is 0 Å². The van der Waals surface area contributed by atoms with Crippen molar-refractivity contribution in [2.45, 2.75) is 37.2 Å². The molecular formula is C19H22N2O5S. The second-order valence-electron chi connectivity index (χ2n) is 6.36. The topological polar surface area (TPSA) is 113 Å². The number of carboxylic acids is 1. The molecule has 0 aromatic heterocycles. The maximum absolute atomic E-state index is 12.5. The lowest BCUT2D eigenvalue weighted by Crippen LogP contribution is -2.42. The standard InChI is InChI=1S/C19H22N2O5S/c1-13(2)21-27(25,26)16-10-6-9-15(12-16)18(22)20-17(19(23)24)11-14-7-4-3-5-8-14/h3-10,12-13,17,21H,11H2,1-2H3,(H,20,22)(H,23,24). The van der Waals surface area contributed by atoms with Crippen molar-refractivity contribution in [3.05, 3.63) is 65.7 Å². The first-order valence-corrected chi connectivity index (χ1v) is 9.87. The highest BCUT2D eigenvalue weighted by atomic mass is 32.2. The fourth-order valence-electron chi connectivity index (χ4n) is 2.47. The Morgan fingerprint density at radius 3 is 2.30 bits per heavy atom. The number of nitrogens with one attached hydrogen (secondary N) is 2. The Bertz CT molecular complexity index is 911. The molecule has 1 atom stereocenters. The zero-order chi connectivity index (χ0) is 20.0. The van der Waals surface area contributed by atoms with Crippen molar-refractivity contribution in [3.63, 3.8) is 0 Å². The van der Waals surface area contributed by atoms with Crippen LogP contribution in [0.15, 0.2) is 59.5 Å². The van der Waals surface area contributed by atoms with Gasteiger partial charge in [-0.25, -0.2) is 17.9 Å². The first-order chi connectivity index (χ1) is 12.7. The Labute approximate surface area is 158 Å². The second kappa shape index (κ2) is 8.79. The molecule has 2 aromatic carbocycles. The number of aliphatic carboxylic acids is 1. The van der Waals surface area contributed by atoms with Crippen LogP contribution in [-0.4, -0.2) is 37.5 Å². The number of carbonyl (C=O) groups excluding carboxylic acids is 1. The molecule has 7 nitrogen and oxygen atoms in total. The summed E-state index contributed by atoms with van der Waals surface area (Å²) >= 11 is 0. The lowest BCUT2D eigenvalue weighted by Gasteiger charge is -2.15. The Morgan fingerprint density at radius 1 is 1.04 bits per heavy atom. The van der Waals surface area contributed by atoms with E-state index in [9.17, 15) is 23.1 Å². The fraction of sp³-hybridized carbons (Fsp3) is 0.263. The molecule has 2 aromatic rings. The molecule has 8 heteroatoms. The summed E-state index contributed by atoms with van der Waals surface area (Å²) in [6, 6.07) is 13.0. The van der Waals surface area contributed by atoms with Gasteiger partial charge in [-0.15, -0.1) is 0 Å². The van der Waals surface area contributed by atoms with E-state index in [1.807, 2.05) is 6.07 Å². The first-order valence-electron chi connectivity index (χ1n) is 8.39. The Balaban J connectivity index is 2.19. The summed E-state index contributed by atoms with van der Waals surface area (Å²) in [5.41, 5.74) is 0.837. The normalized spacial score (nSPS) is 12.6. The summed E-state index contributed by atoms with van der Waals surface area (Å²) in [4.78, 5) is 23.9. The van der Waals surface area contributed by atoms with Crippen molar-refractivity contribution in [3.8, 4) is 0 Å². The van der Waals surface area contributed by atoms with Crippen molar-refractivity contribution < 1.29 is 23.1 Å². The van der Waals surface area contributed by atoms with Gasteiger partial charge in [-0.3, -0.25) is 4.79 Å². The predicted molar refractivity (Wildman–Crippen MR) is 101 cm³/mol. The Hall–Kier alpha value is -2.71. The van der Waals surface area contributed by atoms with Crippen molar-refractivity contribution in [2.75, 3.05) is 0 Å². The minimum absolute atomic E-state index is 0.0567. The van der Waals surface area contributed by atoms with Gasteiger partial charge in [0.1, 0.15) is 6.04 Å². The van der Waals surface area contributed by atoms with E-state index in [0.29, 0.717) is 0 Å². The van der Waals surface area contributed by atoms with Crippen LogP contribution in [0.3, 0.4) is 0 Å². The van der Waals surface area contributed by atoms with Crippen LogP contribution in [0.2, 0.25) is 0 Å². The van der Waals surface area contributed by atoms with Gasteiger partial charge in [0, 0.05) is 18.0 Å². The summed E-state index contributed by atoms with van der Waals surface area (Å²) < 4.78 is 26.9. The monoisotopic (exact) mass is 390 g/mol. The van der Waals surface area contributed by atoms with Gasteiger partial charge in [0.2, 0.25) is 10.0 Å². The maximum atomic E-state index is 12.5. The van der Waals surface area contributed by atoms with E-state index in [1.165, 1.54) is 24.3 Å². The maximum Gasteiger partial charge on any atom is 0.326 e. The first kappa shape index (κ1) is 20.6. The molecular weight excluding hydrogens is 368 g/mol. The molecule has 2 rings (SSSR count). The fourth-order valence-corrected chi connectivity index (χ4v) is 3.77. The quantitative estimate of drug-likeness (QED) is 0.636. The van der Waals surface area contributed by atoms with Crippen LogP contribution in [-0.2, 0) is 21.2 Å². The van der Waals surface area contributed by atoms with Crippen LogP contribution in [0.5, 0.6) is 0 Å². The summed E-state index contributed by atoms with van der Waals surface area (Å²) in [6.07, 6.45) is 0.120. The third kappa shape index (κ3) is 5.90. The molecule has 1 unspecified atom stereocenters. The van der Waals surface area contributed by atoms with Crippen LogP contribution in [0.25, 0.3) is 0 Å². The van der Waals surface area contributed by atoms with E-state index in [2.05, 4.69) is 10.0 Å². The van der Waals surface area contributed by atoms with Crippen molar-refractivity contribution >= 4 is 21.9 Å². The van der Waals surface area contributed by atoms with Crippen molar-refractivity contribution in [2.24, 2.45) is 0 Å². The molecule has 27 heavy (non-hydrogen) atoms. The van der Waals surface area contributed by atoms with E-state index in [-0.39, 0.29) is 22.9 Å². The van der Waals surface area contributed by atoms with Gasteiger partial charge in [0.25, 0.3) is 5.91 Å². The van der Waals surface area contributed by atoms with Crippen molar-refractivity contribution in [1.29, 1.82) is 0 Å². The second-order valence-corrected chi connectivity index (χ2v) is 8.07. The molecule has 0 saturated carbocycles. The number of carbonyl (C=O) groups is 2. The summed E-state index contributed by atoms with van der Waals surface area (Å²) in [5.74, 6) is -1.82. The van der Waals surface area contributed by atoms with Crippen LogP contribution in [0, 0.1) is 0 Å².